The second kappa shape index (κ2) is 8.22. The monoisotopic (exact) mass is 363 g/mol. The third-order valence-electron chi connectivity index (χ3n) is 4.92. The third-order valence-corrected chi connectivity index (χ3v) is 4.92. The normalized spacial score (nSPS) is 14.3. The number of hydrogen-bond donors (Lipinski definition) is 1. The number of aromatic nitrogens is 3. The Labute approximate surface area is 159 Å². The summed E-state index contributed by atoms with van der Waals surface area (Å²) in [5, 5.41) is 3.40. The molecule has 1 aliphatic rings. The quantitative estimate of drug-likeness (QED) is 0.730. The Kier molecular flexibility index (Phi) is 5.34. The number of imidazole rings is 1. The van der Waals surface area contributed by atoms with Gasteiger partial charge in [0, 0.05) is 50.7 Å². The van der Waals surface area contributed by atoms with Gasteiger partial charge < -0.3 is 19.5 Å². The minimum Gasteiger partial charge on any atom is -0.378 e. The highest BCUT2D eigenvalue weighted by Gasteiger charge is 2.12. The van der Waals surface area contributed by atoms with Crippen LogP contribution in [0, 0.1) is 0 Å². The number of nitrogens with zero attached hydrogens (tertiary/aromatic N) is 4. The molecule has 6 nitrogen and oxygen atoms in total. The number of anilines is 2. The summed E-state index contributed by atoms with van der Waals surface area (Å²) in [5.41, 5.74) is 4.60. The van der Waals surface area contributed by atoms with Crippen molar-refractivity contribution in [3.63, 3.8) is 0 Å². The fourth-order valence-electron chi connectivity index (χ4n) is 3.35. The van der Waals surface area contributed by atoms with Gasteiger partial charge in [0.25, 0.3) is 0 Å². The molecule has 0 atom stereocenters. The molecule has 3 aromatic rings. The molecule has 27 heavy (non-hydrogen) atoms. The number of benzene rings is 1. The van der Waals surface area contributed by atoms with Gasteiger partial charge in [-0.25, -0.2) is 4.98 Å². The van der Waals surface area contributed by atoms with Crippen LogP contribution in [0.2, 0.25) is 0 Å². The van der Waals surface area contributed by atoms with Gasteiger partial charge in [-0.3, -0.25) is 4.98 Å². The first-order valence-electron chi connectivity index (χ1n) is 9.40. The van der Waals surface area contributed by atoms with E-state index < -0.39 is 0 Å². The van der Waals surface area contributed by atoms with Crippen LogP contribution >= 0.6 is 0 Å². The Morgan fingerprint density at radius 3 is 2.59 bits per heavy atom. The predicted octanol–water partition coefficient (Wildman–Crippen LogP) is 2.97. The molecule has 0 amide bonds. The fraction of sp³-hybridized carbons (Fsp3) is 0.333. The molecule has 4 rings (SSSR count). The smallest absolute Gasteiger partial charge is 0.203 e. The largest absolute Gasteiger partial charge is 0.378 e. The van der Waals surface area contributed by atoms with E-state index in [1.807, 2.05) is 37.6 Å². The number of morpholine rings is 1. The van der Waals surface area contributed by atoms with Gasteiger partial charge >= 0.3 is 0 Å². The summed E-state index contributed by atoms with van der Waals surface area (Å²) in [5.74, 6) is 0.873. The lowest BCUT2D eigenvalue weighted by Crippen LogP contribution is -2.36. The molecule has 0 radical (unpaired) electrons. The molecule has 0 bridgehead atoms. The van der Waals surface area contributed by atoms with Crippen LogP contribution in [0.1, 0.15) is 5.69 Å². The average Bonchev–Trinajstić information content (AvgIpc) is 3.10. The van der Waals surface area contributed by atoms with E-state index in [0.29, 0.717) is 0 Å². The van der Waals surface area contributed by atoms with Gasteiger partial charge in [0.15, 0.2) is 0 Å². The highest BCUT2D eigenvalue weighted by Crippen LogP contribution is 2.25. The van der Waals surface area contributed by atoms with Crippen molar-refractivity contribution in [2.75, 3.05) is 43.1 Å². The van der Waals surface area contributed by atoms with Crippen molar-refractivity contribution in [3.8, 4) is 11.3 Å². The lowest BCUT2D eigenvalue weighted by atomic mass is 10.1. The Balaban J connectivity index is 1.40. The molecule has 0 unspecified atom stereocenters. The number of rotatable bonds is 6. The minimum absolute atomic E-state index is 0.803. The molecule has 1 aliphatic heterocycles. The zero-order valence-corrected chi connectivity index (χ0v) is 15.6. The molecular formula is C21H25N5O. The molecule has 0 saturated carbocycles. The standard InChI is InChI=1S/C21H25N5O/c1-25-20(16-24-21(25)23-11-9-18-4-2-3-10-22-18)17-5-7-19(8-6-17)26-12-14-27-15-13-26/h2-8,10,16H,9,11-15H2,1H3,(H,23,24). The van der Waals surface area contributed by atoms with Crippen molar-refractivity contribution < 1.29 is 4.74 Å². The van der Waals surface area contributed by atoms with Gasteiger partial charge in [0.05, 0.1) is 25.1 Å². The van der Waals surface area contributed by atoms with Crippen molar-refractivity contribution in [1.29, 1.82) is 0 Å². The molecule has 140 valence electrons. The van der Waals surface area contributed by atoms with E-state index in [1.54, 1.807) is 0 Å². The second-order valence-corrected chi connectivity index (χ2v) is 6.67. The molecule has 6 heteroatoms. The predicted molar refractivity (Wildman–Crippen MR) is 108 cm³/mol. The van der Waals surface area contributed by atoms with E-state index in [1.165, 1.54) is 11.3 Å². The van der Waals surface area contributed by atoms with Gasteiger partial charge in [-0.1, -0.05) is 18.2 Å². The maximum Gasteiger partial charge on any atom is 0.203 e. The van der Waals surface area contributed by atoms with Gasteiger partial charge in [-0.15, -0.1) is 0 Å². The Hall–Kier alpha value is -2.86. The molecule has 3 heterocycles. The van der Waals surface area contributed by atoms with Crippen LogP contribution in [0.15, 0.2) is 54.9 Å². The first-order chi connectivity index (χ1) is 13.3. The SMILES string of the molecule is Cn1c(-c2ccc(N3CCOCC3)cc2)cnc1NCCc1ccccn1. The second-order valence-electron chi connectivity index (χ2n) is 6.67. The van der Waals surface area contributed by atoms with E-state index in [-0.39, 0.29) is 0 Å². The first kappa shape index (κ1) is 17.5. The topological polar surface area (TPSA) is 55.2 Å². The summed E-state index contributed by atoms with van der Waals surface area (Å²) >= 11 is 0. The van der Waals surface area contributed by atoms with Crippen molar-refractivity contribution in [1.82, 2.24) is 14.5 Å². The van der Waals surface area contributed by atoms with Crippen LogP contribution in [0.3, 0.4) is 0 Å². The highest BCUT2D eigenvalue weighted by atomic mass is 16.5. The molecule has 1 N–H and O–H groups in total. The van der Waals surface area contributed by atoms with Crippen LogP contribution in [0.25, 0.3) is 11.3 Å². The minimum atomic E-state index is 0.803. The van der Waals surface area contributed by atoms with Crippen LogP contribution in [-0.4, -0.2) is 47.4 Å². The van der Waals surface area contributed by atoms with Crippen molar-refractivity contribution >= 4 is 11.6 Å². The molecule has 1 saturated heterocycles. The molecule has 1 fully saturated rings. The van der Waals surface area contributed by atoms with E-state index in [0.717, 1.165) is 56.6 Å². The van der Waals surface area contributed by atoms with Crippen molar-refractivity contribution in [2.24, 2.45) is 7.05 Å². The van der Waals surface area contributed by atoms with Crippen LogP contribution in [0.5, 0.6) is 0 Å². The molecule has 0 spiro atoms. The van der Waals surface area contributed by atoms with E-state index >= 15 is 0 Å². The van der Waals surface area contributed by atoms with Gasteiger partial charge in [-0.2, -0.15) is 0 Å². The van der Waals surface area contributed by atoms with E-state index in [2.05, 4.69) is 49.0 Å². The van der Waals surface area contributed by atoms with E-state index in [9.17, 15) is 0 Å². The maximum absolute atomic E-state index is 5.43. The summed E-state index contributed by atoms with van der Waals surface area (Å²) in [6.45, 7) is 4.32. The molecular weight excluding hydrogens is 338 g/mol. The summed E-state index contributed by atoms with van der Waals surface area (Å²) < 4.78 is 7.53. The number of pyridine rings is 1. The Morgan fingerprint density at radius 1 is 1.04 bits per heavy atom. The molecule has 0 aliphatic carbocycles. The number of ether oxygens (including phenoxy) is 1. The molecule has 2 aromatic heterocycles. The Bertz CT molecular complexity index is 854. The first-order valence-corrected chi connectivity index (χ1v) is 9.40. The zero-order chi connectivity index (χ0) is 18.5. The van der Waals surface area contributed by atoms with E-state index in [4.69, 9.17) is 4.74 Å². The highest BCUT2D eigenvalue weighted by molar-refractivity contribution is 5.65. The molecule has 1 aromatic carbocycles. The summed E-state index contributed by atoms with van der Waals surface area (Å²) in [4.78, 5) is 11.3. The van der Waals surface area contributed by atoms with Crippen molar-refractivity contribution in [2.45, 2.75) is 6.42 Å². The lowest BCUT2D eigenvalue weighted by molar-refractivity contribution is 0.122. The maximum atomic E-state index is 5.43. The fourth-order valence-corrected chi connectivity index (χ4v) is 3.35. The summed E-state index contributed by atoms with van der Waals surface area (Å²) in [7, 11) is 2.04. The van der Waals surface area contributed by atoms with Gasteiger partial charge in [-0.05, 0) is 29.8 Å². The van der Waals surface area contributed by atoms with Gasteiger partial charge in [0.1, 0.15) is 0 Å². The van der Waals surface area contributed by atoms with Crippen LogP contribution in [0.4, 0.5) is 11.6 Å². The van der Waals surface area contributed by atoms with Crippen LogP contribution < -0.4 is 10.2 Å². The summed E-state index contributed by atoms with van der Waals surface area (Å²) in [6.07, 6.45) is 4.62. The zero-order valence-electron chi connectivity index (χ0n) is 15.6. The van der Waals surface area contributed by atoms with Crippen molar-refractivity contribution in [3.05, 3.63) is 60.6 Å². The summed E-state index contributed by atoms with van der Waals surface area (Å²) in [6, 6.07) is 14.7. The third kappa shape index (κ3) is 4.11. The lowest BCUT2D eigenvalue weighted by Gasteiger charge is -2.28. The average molecular weight is 363 g/mol. The number of nitrogens with one attached hydrogen (secondary N) is 1. The van der Waals surface area contributed by atoms with Crippen LogP contribution in [-0.2, 0) is 18.2 Å². The number of hydrogen-bond acceptors (Lipinski definition) is 5. The Morgan fingerprint density at radius 2 is 1.85 bits per heavy atom. The van der Waals surface area contributed by atoms with Gasteiger partial charge in [0.2, 0.25) is 5.95 Å².